The Labute approximate surface area is 110 Å². The number of nitrogens with one attached hydrogen (secondary N) is 1. The Morgan fingerprint density at radius 2 is 2.11 bits per heavy atom. The molecule has 18 heavy (non-hydrogen) atoms. The van der Waals surface area contributed by atoms with Crippen LogP contribution in [0.3, 0.4) is 0 Å². The van der Waals surface area contributed by atoms with Gasteiger partial charge in [0.1, 0.15) is 0 Å². The summed E-state index contributed by atoms with van der Waals surface area (Å²) < 4.78 is 0. The number of hydrogen-bond acceptors (Lipinski definition) is 4. The number of aromatic nitrogens is 2. The van der Waals surface area contributed by atoms with E-state index in [1.807, 2.05) is 19.4 Å². The van der Waals surface area contributed by atoms with Crippen molar-refractivity contribution in [2.75, 3.05) is 25.0 Å². The molecule has 0 aliphatic carbocycles. The summed E-state index contributed by atoms with van der Waals surface area (Å²) in [7, 11) is 2.01. The molecule has 1 N–H and O–H groups in total. The molecule has 0 saturated carbocycles. The van der Waals surface area contributed by atoms with Gasteiger partial charge in [-0.1, -0.05) is 13.3 Å². The molecule has 1 saturated heterocycles. The Morgan fingerprint density at radius 3 is 2.78 bits per heavy atom. The average Bonchev–Trinajstić information content (AvgIpc) is 2.41. The van der Waals surface area contributed by atoms with Crippen LogP contribution in [0.15, 0.2) is 12.4 Å². The lowest BCUT2D eigenvalue weighted by Gasteiger charge is -2.35. The van der Waals surface area contributed by atoms with Crippen molar-refractivity contribution in [2.24, 2.45) is 0 Å². The highest BCUT2D eigenvalue weighted by molar-refractivity contribution is 5.32. The average molecular weight is 248 g/mol. The zero-order valence-corrected chi connectivity index (χ0v) is 11.5. The number of piperidine rings is 1. The van der Waals surface area contributed by atoms with Crippen molar-refractivity contribution in [3.63, 3.8) is 0 Å². The highest BCUT2D eigenvalue weighted by atomic mass is 15.3. The zero-order valence-electron chi connectivity index (χ0n) is 11.5. The fourth-order valence-corrected chi connectivity index (χ4v) is 2.63. The fraction of sp³-hybridized carbons (Fsp3) is 0.714. The molecule has 0 spiro atoms. The molecule has 0 aromatic carbocycles. The van der Waals surface area contributed by atoms with E-state index in [9.17, 15) is 0 Å². The normalized spacial score (nSPS) is 20.1. The van der Waals surface area contributed by atoms with Crippen molar-refractivity contribution in [3.05, 3.63) is 18.0 Å². The molecule has 0 amide bonds. The molecule has 4 heteroatoms. The molecule has 0 radical (unpaired) electrons. The molecule has 1 aromatic rings. The van der Waals surface area contributed by atoms with Gasteiger partial charge < -0.3 is 10.2 Å². The summed E-state index contributed by atoms with van der Waals surface area (Å²) in [5.41, 5.74) is 1.24. The van der Waals surface area contributed by atoms with Crippen molar-refractivity contribution in [3.8, 4) is 0 Å². The van der Waals surface area contributed by atoms with Gasteiger partial charge in [0.2, 0.25) is 5.95 Å². The first-order valence-electron chi connectivity index (χ1n) is 7.07. The van der Waals surface area contributed by atoms with Gasteiger partial charge in [-0.05, 0) is 38.3 Å². The van der Waals surface area contributed by atoms with E-state index in [4.69, 9.17) is 0 Å². The largest absolute Gasteiger partial charge is 0.337 e. The van der Waals surface area contributed by atoms with E-state index in [1.54, 1.807) is 0 Å². The van der Waals surface area contributed by atoms with Crippen LogP contribution in [0, 0.1) is 0 Å². The summed E-state index contributed by atoms with van der Waals surface area (Å²) in [6.07, 6.45) is 9.99. The summed E-state index contributed by atoms with van der Waals surface area (Å²) in [5.74, 6) is 0.898. The van der Waals surface area contributed by atoms with Gasteiger partial charge in [0.15, 0.2) is 0 Å². The van der Waals surface area contributed by atoms with E-state index in [-0.39, 0.29) is 0 Å². The predicted molar refractivity (Wildman–Crippen MR) is 74.9 cm³/mol. The van der Waals surface area contributed by atoms with E-state index in [0.717, 1.165) is 31.9 Å². The standard InChI is InChI=1S/C14H24N4/c1-3-6-12-9-16-14(17-10-12)18-8-5-4-7-13(18)11-15-2/h9-10,13,15H,3-8,11H2,1-2H3. The first kappa shape index (κ1) is 13.3. The number of nitrogens with zero attached hydrogens (tertiary/aromatic N) is 3. The van der Waals surface area contributed by atoms with Crippen LogP contribution < -0.4 is 10.2 Å². The Hall–Kier alpha value is -1.16. The van der Waals surface area contributed by atoms with Gasteiger partial charge in [-0.3, -0.25) is 0 Å². The topological polar surface area (TPSA) is 41.1 Å². The zero-order chi connectivity index (χ0) is 12.8. The van der Waals surface area contributed by atoms with Crippen LogP contribution in [0.4, 0.5) is 5.95 Å². The van der Waals surface area contributed by atoms with Crippen LogP contribution >= 0.6 is 0 Å². The van der Waals surface area contributed by atoms with Gasteiger partial charge >= 0.3 is 0 Å². The first-order chi connectivity index (χ1) is 8.85. The van der Waals surface area contributed by atoms with E-state index < -0.39 is 0 Å². The minimum atomic E-state index is 0.542. The van der Waals surface area contributed by atoms with Crippen LogP contribution in [0.5, 0.6) is 0 Å². The Bertz CT molecular complexity index is 347. The van der Waals surface area contributed by atoms with Crippen molar-refractivity contribution in [1.82, 2.24) is 15.3 Å². The maximum absolute atomic E-state index is 4.54. The third-order valence-electron chi connectivity index (χ3n) is 3.55. The highest BCUT2D eigenvalue weighted by Gasteiger charge is 2.23. The van der Waals surface area contributed by atoms with Crippen molar-refractivity contribution in [2.45, 2.75) is 45.1 Å². The second-order valence-corrected chi connectivity index (χ2v) is 5.04. The molecule has 1 fully saturated rings. The number of likely N-dealkylation sites (N-methyl/N-ethyl adjacent to an activating group) is 1. The smallest absolute Gasteiger partial charge is 0.225 e. The third-order valence-corrected chi connectivity index (χ3v) is 3.55. The van der Waals surface area contributed by atoms with Crippen LogP contribution in [0.25, 0.3) is 0 Å². The molecule has 100 valence electrons. The lowest BCUT2D eigenvalue weighted by Crippen LogP contribution is -2.45. The molecule has 1 aromatic heterocycles. The van der Waals surface area contributed by atoms with E-state index in [2.05, 4.69) is 27.1 Å². The van der Waals surface area contributed by atoms with E-state index in [1.165, 1.54) is 24.8 Å². The molecular weight excluding hydrogens is 224 g/mol. The molecule has 1 aliphatic rings. The molecule has 1 unspecified atom stereocenters. The quantitative estimate of drug-likeness (QED) is 0.865. The van der Waals surface area contributed by atoms with Gasteiger partial charge in [-0.15, -0.1) is 0 Å². The van der Waals surface area contributed by atoms with Gasteiger partial charge in [0.25, 0.3) is 0 Å². The number of anilines is 1. The minimum Gasteiger partial charge on any atom is -0.337 e. The Morgan fingerprint density at radius 1 is 1.33 bits per heavy atom. The number of rotatable bonds is 5. The molecule has 2 heterocycles. The van der Waals surface area contributed by atoms with Gasteiger partial charge in [-0.25, -0.2) is 9.97 Å². The monoisotopic (exact) mass is 248 g/mol. The Kier molecular flexibility index (Phi) is 4.93. The molecule has 1 atom stereocenters. The highest BCUT2D eigenvalue weighted by Crippen LogP contribution is 2.21. The lowest BCUT2D eigenvalue weighted by molar-refractivity contribution is 0.440. The SMILES string of the molecule is CCCc1cnc(N2CCCCC2CNC)nc1. The van der Waals surface area contributed by atoms with Crippen LogP contribution in [-0.4, -0.2) is 36.1 Å². The predicted octanol–water partition coefficient (Wildman–Crippen LogP) is 2.01. The molecule has 2 rings (SSSR count). The van der Waals surface area contributed by atoms with Crippen LogP contribution in [0.2, 0.25) is 0 Å². The van der Waals surface area contributed by atoms with Gasteiger partial charge in [-0.2, -0.15) is 0 Å². The summed E-state index contributed by atoms with van der Waals surface area (Å²) in [5, 5.41) is 3.27. The van der Waals surface area contributed by atoms with Crippen LogP contribution in [-0.2, 0) is 6.42 Å². The van der Waals surface area contributed by atoms with Crippen LogP contribution in [0.1, 0.15) is 38.2 Å². The second kappa shape index (κ2) is 6.69. The third kappa shape index (κ3) is 3.19. The lowest BCUT2D eigenvalue weighted by atomic mass is 10.0. The molecular formula is C14H24N4. The second-order valence-electron chi connectivity index (χ2n) is 5.04. The number of hydrogen-bond donors (Lipinski definition) is 1. The van der Waals surface area contributed by atoms with Gasteiger partial charge in [0.05, 0.1) is 0 Å². The first-order valence-corrected chi connectivity index (χ1v) is 7.07. The molecule has 4 nitrogen and oxygen atoms in total. The maximum Gasteiger partial charge on any atom is 0.225 e. The van der Waals surface area contributed by atoms with E-state index >= 15 is 0 Å². The summed E-state index contributed by atoms with van der Waals surface area (Å²) in [6.45, 7) is 4.28. The Balaban J connectivity index is 2.07. The van der Waals surface area contributed by atoms with E-state index in [0.29, 0.717) is 6.04 Å². The minimum absolute atomic E-state index is 0.542. The summed E-state index contributed by atoms with van der Waals surface area (Å²) >= 11 is 0. The molecule has 0 bridgehead atoms. The van der Waals surface area contributed by atoms with Crippen molar-refractivity contribution in [1.29, 1.82) is 0 Å². The fourth-order valence-electron chi connectivity index (χ4n) is 2.63. The summed E-state index contributed by atoms with van der Waals surface area (Å²) in [4.78, 5) is 11.4. The number of aryl methyl sites for hydroxylation is 1. The maximum atomic E-state index is 4.54. The molecule has 1 aliphatic heterocycles. The summed E-state index contributed by atoms with van der Waals surface area (Å²) in [6, 6.07) is 0.542. The van der Waals surface area contributed by atoms with Crippen molar-refractivity contribution >= 4 is 5.95 Å². The van der Waals surface area contributed by atoms with Gasteiger partial charge in [0, 0.05) is 31.5 Å². The van der Waals surface area contributed by atoms with Crippen molar-refractivity contribution < 1.29 is 0 Å².